The van der Waals surface area contributed by atoms with Crippen LogP contribution in [0.4, 0.5) is 0 Å². The van der Waals surface area contributed by atoms with Crippen molar-refractivity contribution in [3.05, 3.63) is 64.7 Å². The van der Waals surface area contributed by atoms with Gasteiger partial charge in [0.15, 0.2) is 0 Å². The Labute approximate surface area is 145 Å². The van der Waals surface area contributed by atoms with Crippen LogP contribution in [-0.4, -0.2) is 29.6 Å². The van der Waals surface area contributed by atoms with Crippen molar-refractivity contribution in [2.24, 2.45) is 5.10 Å². The Hall–Kier alpha value is -2.53. The summed E-state index contributed by atoms with van der Waals surface area (Å²) < 4.78 is 11.6. The first-order valence-electron chi connectivity index (χ1n) is 7.54. The number of carbonyl (C=O) groups excluding carboxylic acids is 1. The first-order valence-corrected chi connectivity index (χ1v) is 7.92. The third-order valence-corrected chi connectivity index (χ3v) is 3.82. The Kier molecular flexibility index (Phi) is 4.71. The van der Waals surface area contributed by atoms with Crippen molar-refractivity contribution < 1.29 is 14.3 Å². The van der Waals surface area contributed by atoms with Crippen molar-refractivity contribution in [3.8, 4) is 5.75 Å². The molecule has 0 aliphatic carbocycles. The molecule has 3 rings (SSSR count). The van der Waals surface area contributed by atoms with Crippen molar-refractivity contribution in [3.63, 3.8) is 0 Å². The van der Waals surface area contributed by atoms with Gasteiger partial charge < -0.3 is 9.47 Å². The number of hydrazone groups is 1. The van der Waals surface area contributed by atoms with Crippen LogP contribution in [0.2, 0.25) is 5.02 Å². The molecule has 1 amide bonds. The van der Waals surface area contributed by atoms with Gasteiger partial charge in [0, 0.05) is 17.5 Å². The van der Waals surface area contributed by atoms with Crippen molar-refractivity contribution in [1.29, 1.82) is 0 Å². The highest BCUT2D eigenvalue weighted by molar-refractivity contribution is 6.30. The number of nitrogens with zero attached hydrogens (tertiary/aromatic N) is 2. The van der Waals surface area contributed by atoms with E-state index in [9.17, 15) is 4.79 Å². The molecule has 2 aromatic rings. The van der Waals surface area contributed by atoms with E-state index in [0.717, 1.165) is 11.1 Å². The van der Waals surface area contributed by atoms with E-state index >= 15 is 0 Å². The van der Waals surface area contributed by atoms with E-state index in [1.54, 1.807) is 12.1 Å². The second kappa shape index (κ2) is 6.93. The van der Waals surface area contributed by atoms with Gasteiger partial charge in [-0.15, -0.1) is 5.10 Å². The molecule has 24 heavy (non-hydrogen) atoms. The smallest absolute Gasteiger partial charge is 0.243 e. The largest absolute Gasteiger partial charge is 0.487 e. The van der Waals surface area contributed by atoms with E-state index in [1.807, 2.05) is 43.3 Å². The molecule has 0 radical (unpaired) electrons. The van der Waals surface area contributed by atoms with Crippen LogP contribution in [0.1, 0.15) is 18.1 Å². The number of hydrogen-bond acceptors (Lipinski definition) is 4. The standard InChI is InChI=1S/C18H17ClN2O3/c1-12-10-15(19)8-9-16(12)23-11-17-21(13(2)22)20-18(24-17)14-6-4-3-5-7-14/h3-10,17H,11H2,1-2H3/t17-/m0/s1. The second-order valence-corrected chi connectivity index (χ2v) is 5.86. The maximum absolute atomic E-state index is 11.8. The molecular formula is C18H17ClN2O3. The van der Waals surface area contributed by atoms with Crippen LogP contribution in [0.5, 0.6) is 5.75 Å². The number of hydrogen-bond donors (Lipinski definition) is 0. The van der Waals surface area contributed by atoms with Crippen molar-refractivity contribution in [2.75, 3.05) is 6.61 Å². The van der Waals surface area contributed by atoms with Crippen LogP contribution in [0.3, 0.4) is 0 Å². The van der Waals surface area contributed by atoms with Gasteiger partial charge in [-0.25, -0.2) is 0 Å². The third-order valence-electron chi connectivity index (χ3n) is 3.58. The van der Waals surface area contributed by atoms with Crippen molar-refractivity contribution >= 4 is 23.4 Å². The highest BCUT2D eigenvalue weighted by atomic mass is 35.5. The Bertz CT molecular complexity index is 777. The van der Waals surface area contributed by atoms with Gasteiger partial charge in [0.2, 0.25) is 18.0 Å². The number of halogens is 1. The summed E-state index contributed by atoms with van der Waals surface area (Å²) >= 11 is 5.94. The summed E-state index contributed by atoms with van der Waals surface area (Å²) in [5.74, 6) is 0.897. The Morgan fingerprint density at radius 2 is 2.04 bits per heavy atom. The number of amides is 1. The molecule has 0 bridgehead atoms. The molecule has 0 spiro atoms. The lowest BCUT2D eigenvalue weighted by atomic mass is 10.2. The fourth-order valence-electron chi connectivity index (χ4n) is 2.38. The summed E-state index contributed by atoms with van der Waals surface area (Å²) in [5.41, 5.74) is 1.73. The molecule has 0 unspecified atom stereocenters. The van der Waals surface area contributed by atoms with Gasteiger partial charge in [-0.2, -0.15) is 5.01 Å². The summed E-state index contributed by atoms with van der Waals surface area (Å²) in [6.45, 7) is 3.52. The van der Waals surface area contributed by atoms with Crippen LogP contribution in [-0.2, 0) is 9.53 Å². The fourth-order valence-corrected chi connectivity index (χ4v) is 2.61. The number of ether oxygens (including phenoxy) is 2. The van der Waals surface area contributed by atoms with Crippen LogP contribution >= 0.6 is 11.6 Å². The molecule has 1 atom stereocenters. The predicted molar refractivity (Wildman–Crippen MR) is 92.1 cm³/mol. The van der Waals surface area contributed by atoms with Gasteiger partial charge in [0.05, 0.1) is 0 Å². The highest BCUT2D eigenvalue weighted by Gasteiger charge is 2.32. The number of rotatable bonds is 4. The van der Waals surface area contributed by atoms with Crippen molar-refractivity contribution in [2.45, 2.75) is 20.1 Å². The van der Waals surface area contributed by atoms with E-state index in [0.29, 0.717) is 16.7 Å². The summed E-state index contributed by atoms with van der Waals surface area (Å²) in [7, 11) is 0. The molecule has 5 nitrogen and oxygen atoms in total. The normalized spacial score (nSPS) is 16.5. The Morgan fingerprint density at radius 1 is 1.29 bits per heavy atom. The third kappa shape index (κ3) is 3.51. The lowest BCUT2D eigenvalue weighted by Crippen LogP contribution is -2.36. The summed E-state index contributed by atoms with van der Waals surface area (Å²) in [6.07, 6.45) is -0.604. The predicted octanol–water partition coefficient (Wildman–Crippen LogP) is 3.59. The number of carbonyl (C=O) groups is 1. The summed E-state index contributed by atoms with van der Waals surface area (Å²) in [4.78, 5) is 11.8. The second-order valence-electron chi connectivity index (χ2n) is 5.43. The fraction of sp³-hybridized carbons (Fsp3) is 0.222. The molecule has 6 heteroatoms. The van der Waals surface area contributed by atoms with Gasteiger partial charge in [-0.3, -0.25) is 4.79 Å². The minimum Gasteiger partial charge on any atom is -0.487 e. The molecule has 0 saturated heterocycles. The van der Waals surface area contributed by atoms with E-state index in [-0.39, 0.29) is 12.5 Å². The van der Waals surface area contributed by atoms with Crippen LogP contribution < -0.4 is 4.74 Å². The zero-order chi connectivity index (χ0) is 17.1. The zero-order valence-corrected chi connectivity index (χ0v) is 14.2. The highest BCUT2D eigenvalue weighted by Crippen LogP contribution is 2.24. The molecule has 2 aromatic carbocycles. The number of aryl methyl sites for hydroxylation is 1. The van der Waals surface area contributed by atoms with Crippen LogP contribution in [0, 0.1) is 6.92 Å². The van der Waals surface area contributed by atoms with Gasteiger partial charge in [0.25, 0.3) is 0 Å². The molecule has 0 saturated carbocycles. The molecular weight excluding hydrogens is 328 g/mol. The molecule has 124 valence electrons. The quantitative estimate of drug-likeness (QED) is 0.851. The number of benzene rings is 2. The lowest BCUT2D eigenvalue weighted by molar-refractivity contribution is -0.136. The van der Waals surface area contributed by atoms with Gasteiger partial charge in [-0.1, -0.05) is 29.8 Å². The molecule has 1 heterocycles. The van der Waals surface area contributed by atoms with Crippen LogP contribution in [0.15, 0.2) is 53.6 Å². The molecule has 1 aliphatic rings. The SMILES string of the molecule is CC(=O)N1N=C(c2ccccc2)O[C@H]1COc1ccc(Cl)cc1C. The summed E-state index contributed by atoms with van der Waals surface area (Å²) in [5, 5.41) is 6.21. The van der Waals surface area contributed by atoms with Gasteiger partial charge >= 0.3 is 0 Å². The zero-order valence-electron chi connectivity index (χ0n) is 13.4. The average molecular weight is 345 g/mol. The van der Waals surface area contributed by atoms with Gasteiger partial charge in [-0.05, 0) is 42.8 Å². The Balaban J connectivity index is 1.72. The lowest BCUT2D eigenvalue weighted by Gasteiger charge is -2.20. The van der Waals surface area contributed by atoms with Gasteiger partial charge in [0.1, 0.15) is 12.4 Å². The summed E-state index contributed by atoms with van der Waals surface area (Å²) in [6, 6.07) is 14.8. The molecule has 0 aromatic heterocycles. The molecule has 0 N–H and O–H groups in total. The van der Waals surface area contributed by atoms with E-state index in [4.69, 9.17) is 21.1 Å². The first kappa shape index (κ1) is 16.3. The monoisotopic (exact) mass is 344 g/mol. The molecule has 1 aliphatic heterocycles. The average Bonchev–Trinajstić information content (AvgIpc) is 2.99. The maximum atomic E-state index is 11.8. The van der Waals surface area contributed by atoms with E-state index < -0.39 is 6.23 Å². The van der Waals surface area contributed by atoms with E-state index in [1.165, 1.54) is 11.9 Å². The Morgan fingerprint density at radius 3 is 2.71 bits per heavy atom. The molecule has 0 fully saturated rings. The minimum absolute atomic E-state index is 0.169. The van der Waals surface area contributed by atoms with Crippen LogP contribution in [0.25, 0.3) is 0 Å². The minimum atomic E-state index is -0.604. The maximum Gasteiger partial charge on any atom is 0.243 e. The van der Waals surface area contributed by atoms with E-state index in [2.05, 4.69) is 5.10 Å². The first-order chi connectivity index (χ1) is 11.5. The van der Waals surface area contributed by atoms with Crippen molar-refractivity contribution in [1.82, 2.24) is 5.01 Å². The topological polar surface area (TPSA) is 51.1 Å².